The van der Waals surface area contributed by atoms with Gasteiger partial charge < -0.3 is 10.1 Å². The molecule has 0 bridgehead atoms. The van der Waals surface area contributed by atoms with E-state index in [2.05, 4.69) is 21.4 Å². The van der Waals surface area contributed by atoms with E-state index in [9.17, 15) is 5.21 Å². The van der Waals surface area contributed by atoms with Crippen LogP contribution in [0.15, 0.2) is 36.4 Å². The number of nitrogens with zero attached hydrogens (tertiary/aromatic N) is 4. The highest BCUT2D eigenvalue weighted by molar-refractivity contribution is 6.37. The number of hydrogen-bond acceptors (Lipinski definition) is 8. The first kappa shape index (κ1) is 19.7. The van der Waals surface area contributed by atoms with Gasteiger partial charge >= 0.3 is 0 Å². The Morgan fingerprint density at radius 1 is 1.00 bits per heavy atom. The van der Waals surface area contributed by atoms with Crippen molar-refractivity contribution >= 4 is 30.8 Å². The highest BCUT2D eigenvalue weighted by atomic mass is 16.5. The monoisotopic (exact) mass is 382 g/mol. The van der Waals surface area contributed by atoms with Crippen LogP contribution >= 0.6 is 0 Å². The van der Waals surface area contributed by atoms with Crippen molar-refractivity contribution in [3.05, 3.63) is 58.7 Å². The minimum Gasteiger partial charge on any atom is -0.439 e. The molecule has 1 heterocycles. The molecule has 3 N–H and O–H groups in total. The maximum absolute atomic E-state index is 9.37. The molecule has 3 rings (SSSR count). The number of aromatic nitrogens is 2. The third kappa shape index (κ3) is 4.27. The average molecular weight is 382 g/mol. The molecule has 0 aliphatic carbocycles. The van der Waals surface area contributed by atoms with E-state index in [1.54, 1.807) is 36.4 Å². The van der Waals surface area contributed by atoms with Crippen molar-refractivity contribution in [3.8, 4) is 23.8 Å². The quantitative estimate of drug-likeness (QED) is 0.454. The summed E-state index contributed by atoms with van der Waals surface area (Å²) < 4.78 is 5.91. The predicted molar refractivity (Wildman–Crippen MR) is 108 cm³/mol. The Labute approximate surface area is 168 Å². The standard InChI is InChI=1S/C20H15BN6O2/c1-11-7-14(10-23)8-12(2)17(11)29-19-16(21)18(27-28)25-20(26-19)24-15-5-3-13(9-22)4-6-15/h3-8,28H,1-2H3,(H2,24,25,26,27). The number of aryl methyl sites for hydroxylation is 2. The van der Waals surface area contributed by atoms with Gasteiger partial charge in [0.1, 0.15) is 13.6 Å². The average Bonchev–Trinajstić information content (AvgIpc) is 2.72. The van der Waals surface area contributed by atoms with E-state index in [4.69, 9.17) is 23.1 Å². The van der Waals surface area contributed by atoms with E-state index in [0.717, 1.165) is 11.1 Å². The van der Waals surface area contributed by atoms with Gasteiger partial charge in [0.2, 0.25) is 11.8 Å². The van der Waals surface area contributed by atoms with Crippen LogP contribution in [0.3, 0.4) is 0 Å². The lowest BCUT2D eigenvalue weighted by atomic mass is 9.98. The minimum atomic E-state index is -0.0323. The van der Waals surface area contributed by atoms with Crippen LogP contribution < -0.4 is 21.0 Å². The third-order valence-corrected chi connectivity index (χ3v) is 4.07. The fourth-order valence-corrected chi connectivity index (χ4v) is 2.70. The summed E-state index contributed by atoms with van der Waals surface area (Å²) in [5, 5.41) is 30.3. The van der Waals surface area contributed by atoms with Gasteiger partial charge in [-0.3, -0.25) is 10.7 Å². The molecule has 0 atom stereocenters. The number of ether oxygens (including phenoxy) is 1. The van der Waals surface area contributed by atoms with E-state index in [1.165, 1.54) is 0 Å². The minimum absolute atomic E-state index is 0.0149. The number of benzene rings is 2. The molecule has 8 nitrogen and oxygen atoms in total. The topological polar surface area (TPSA) is 127 Å². The Bertz CT molecular complexity index is 1130. The van der Waals surface area contributed by atoms with Gasteiger partial charge in [-0.25, -0.2) is 0 Å². The van der Waals surface area contributed by atoms with Gasteiger partial charge in [0, 0.05) is 11.2 Å². The SMILES string of the molecule is [B]c1c(NO)nc(Nc2ccc(C#N)cc2)nc1Oc1c(C)cc(C#N)cc1C. The molecule has 0 aliphatic heterocycles. The van der Waals surface area contributed by atoms with Crippen molar-refractivity contribution in [3.63, 3.8) is 0 Å². The highest BCUT2D eigenvalue weighted by Crippen LogP contribution is 2.29. The summed E-state index contributed by atoms with van der Waals surface area (Å²) in [4.78, 5) is 8.40. The molecule has 9 heteroatoms. The van der Waals surface area contributed by atoms with Gasteiger partial charge in [-0.05, 0) is 61.4 Å². The fraction of sp³-hybridized carbons (Fsp3) is 0.100. The largest absolute Gasteiger partial charge is 0.439 e. The first-order valence-electron chi connectivity index (χ1n) is 8.49. The number of nitriles is 2. The number of nitrogens with one attached hydrogen (secondary N) is 2. The molecule has 0 spiro atoms. The second-order valence-corrected chi connectivity index (χ2v) is 6.19. The summed E-state index contributed by atoms with van der Waals surface area (Å²) in [6, 6.07) is 14.2. The van der Waals surface area contributed by atoms with Crippen molar-refractivity contribution in [1.29, 1.82) is 10.5 Å². The highest BCUT2D eigenvalue weighted by Gasteiger charge is 2.15. The van der Waals surface area contributed by atoms with Crippen LogP contribution in [0.2, 0.25) is 0 Å². The van der Waals surface area contributed by atoms with E-state index in [1.807, 2.05) is 25.4 Å². The summed E-state index contributed by atoms with van der Waals surface area (Å²) in [5.41, 5.74) is 5.08. The van der Waals surface area contributed by atoms with Crippen LogP contribution in [-0.4, -0.2) is 23.0 Å². The van der Waals surface area contributed by atoms with Gasteiger partial charge in [0.05, 0.1) is 23.3 Å². The molecule has 0 fully saturated rings. The van der Waals surface area contributed by atoms with Crippen LogP contribution in [0.4, 0.5) is 17.5 Å². The molecule has 1 aromatic heterocycles. The molecule has 2 aromatic carbocycles. The van der Waals surface area contributed by atoms with Crippen molar-refractivity contribution < 1.29 is 9.94 Å². The molecular formula is C20H15BN6O2. The lowest BCUT2D eigenvalue weighted by Crippen LogP contribution is -2.18. The van der Waals surface area contributed by atoms with Crippen molar-refractivity contribution in [1.82, 2.24) is 9.97 Å². The fourth-order valence-electron chi connectivity index (χ4n) is 2.70. The molecule has 0 aliphatic rings. The van der Waals surface area contributed by atoms with Crippen LogP contribution in [0.1, 0.15) is 22.3 Å². The maximum atomic E-state index is 9.37. The predicted octanol–water partition coefficient (Wildman–Crippen LogP) is 2.97. The summed E-state index contributed by atoms with van der Waals surface area (Å²) in [5.74, 6) is 0.626. The van der Waals surface area contributed by atoms with E-state index in [0.29, 0.717) is 22.6 Å². The molecule has 3 aromatic rings. The van der Waals surface area contributed by atoms with Crippen LogP contribution in [0.5, 0.6) is 11.6 Å². The molecule has 2 radical (unpaired) electrons. The summed E-state index contributed by atoms with van der Waals surface area (Å²) in [6.45, 7) is 3.61. The van der Waals surface area contributed by atoms with Crippen molar-refractivity contribution in [2.45, 2.75) is 13.8 Å². The Morgan fingerprint density at radius 3 is 2.17 bits per heavy atom. The summed E-state index contributed by atoms with van der Waals surface area (Å²) >= 11 is 0. The third-order valence-electron chi connectivity index (χ3n) is 4.07. The first-order chi connectivity index (χ1) is 13.9. The van der Waals surface area contributed by atoms with Gasteiger partial charge in [0.25, 0.3) is 0 Å². The smallest absolute Gasteiger partial charge is 0.232 e. The van der Waals surface area contributed by atoms with Gasteiger partial charge in [-0.15, -0.1) is 0 Å². The molecule has 0 amide bonds. The van der Waals surface area contributed by atoms with Crippen molar-refractivity contribution in [2.75, 3.05) is 10.8 Å². The zero-order valence-electron chi connectivity index (χ0n) is 15.7. The Kier molecular flexibility index (Phi) is 5.63. The second kappa shape index (κ2) is 8.30. The van der Waals surface area contributed by atoms with Crippen LogP contribution in [-0.2, 0) is 0 Å². The lowest BCUT2D eigenvalue weighted by molar-refractivity contribution is 0.385. The number of hydrogen-bond donors (Lipinski definition) is 3. The lowest BCUT2D eigenvalue weighted by Gasteiger charge is -2.16. The molecule has 0 saturated heterocycles. The maximum Gasteiger partial charge on any atom is 0.232 e. The molecule has 0 unspecified atom stereocenters. The van der Waals surface area contributed by atoms with Crippen molar-refractivity contribution in [2.24, 2.45) is 0 Å². The van der Waals surface area contributed by atoms with Crippen LogP contribution in [0, 0.1) is 36.5 Å². The summed E-state index contributed by atoms with van der Waals surface area (Å²) in [6.07, 6.45) is 0. The number of anilines is 3. The van der Waals surface area contributed by atoms with E-state index < -0.39 is 0 Å². The normalized spacial score (nSPS) is 9.97. The Balaban J connectivity index is 1.98. The van der Waals surface area contributed by atoms with E-state index in [-0.39, 0.29) is 23.1 Å². The van der Waals surface area contributed by atoms with Gasteiger partial charge in [-0.2, -0.15) is 20.5 Å². The van der Waals surface area contributed by atoms with E-state index >= 15 is 0 Å². The molecular weight excluding hydrogens is 367 g/mol. The second-order valence-electron chi connectivity index (χ2n) is 6.19. The number of rotatable bonds is 5. The summed E-state index contributed by atoms with van der Waals surface area (Å²) in [7, 11) is 6.01. The van der Waals surface area contributed by atoms with Gasteiger partial charge in [-0.1, -0.05) is 0 Å². The zero-order chi connectivity index (χ0) is 21.0. The first-order valence-corrected chi connectivity index (χ1v) is 8.49. The zero-order valence-corrected chi connectivity index (χ0v) is 15.7. The Morgan fingerprint density at radius 2 is 1.62 bits per heavy atom. The van der Waals surface area contributed by atoms with Crippen LogP contribution in [0.25, 0.3) is 0 Å². The molecule has 29 heavy (non-hydrogen) atoms. The molecule has 140 valence electrons. The molecule has 0 saturated carbocycles. The van der Waals surface area contributed by atoms with Gasteiger partial charge in [0.15, 0.2) is 5.82 Å². The Hall–Kier alpha value is -4.08.